The fraction of sp³-hybridized carbons (Fsp3) is 0.722. The van der Waals surface area contributed by atoms with Crippen LogP contribution in [-0.4, -0.2) is 80.6 Å². The third kappa shape index (κ3) is 42.1. The normalized spacial score (nSPS) is 13.5. The average molecular weight is 869 g/mol. The molecule has 0 rings (SSSR count). The lowest BCUT2D eigenvalue weighted by molar-refractivity contribution is -0.887. The van der Waals surface area contributed by atoms with E-state index in [9.17, 15) is 19.5 Å². The number of esters is 2. The molecular weight excluding hydrogens is 775 g/mol. The van der Waals surface area contributed by atoms with Crippen LogP contribution in [0, 0.1) is 0 Å². The number of hydrogen-bond acceptors (Lipinski definition) is 6. The van der Waals surface area contributed by atoms with Gasteiger partial charge in [0.15, 0.2) is 12.1 Å². The van der Waals surface area contributed by atoms with Crippen molar-refractivity contribution >= 4 is 17.9 Å². The van der Waals surface area contributed by atoms with Crippen LogP contribution >= 0.6 is 0 Å². The first-order chi connectivity index (χ1) is 30.1. The summed E-state index contributed by atoms with van der Waals surface area (Å²) in [6, 6.07) is -0.626. The molecule has 8 nitrogen and oxygen atoms in total. The highest BCUT2D eigenvalue weighted by molar-refractivity contribution is 5.72. The summed E-state index contributed by atoms with van der Waals surface area (Å²) in [6.07, 6.45) is 56.7. The number of ether oxygens (including phenoxy) is 3. The van der Waals surface area contributed by atoms with Crippen LogP contribution in [-0.2, 0) is 28.6 Å². The molecule has 1 N–H and O–H groups in total. The maximum absolute atomic E-state index is 12.8. The molecule has 0 fully saturated rings. The van der Waals surface area contributed by atoms with Crippen LogP contribution in [0.4, 0.5) is 0 Å². The number of nitrogens with zero attached hydrogens (tertiary/aromatic N) is 1. The van der Waals surface area contributed by atoms with Crippen molar-refractivity contribution in [2.45, 2.75) is 212 Å². The van der Waals surface area contributed by atoms with Crippen molar-refractivity contribution in [2.75, 3.05) is 41.0 Å². The summed E-state index contributed by atoms with van der Waals surface area (Å²) in [6.45, 7) is 4.58. The average Bonchev–Trinajstić information content (AvgIpc) is 3.23. The molecule has 0 spiro atoms. The fourth-order valence-electron chi connectivity index (χ4n) is 6.99. The van der Waals surface area contributed by atoms with Crippen molar-refractivity contribution in [1.82, 2.24) is 0 Å². The van der Waals surface area contributed by atoms with Gasteiger partial charge in [-0.15, -0.1) is 0 Å². The molecule has 0 radical (unpaired) electrons. The lowest BCUT2D eigenvalue weighted by Crippen LogP contribution is -2.50. The summed E-state index contributed by atoms with van der Waals surface area (Å²) in [5.74, 6) is -1.52. The van der Waals surface area contributed by atoms with Gasteiger partial charge in [0.05, 0.1) is 34.4 Å². The Hall–Kier alpha value is -3.23. The van der Waals surface area contributed by atoms with Gasteiger partial charge in [0.25, 0.3) is 0 Å². The summed E-state index contributed by atoms with van der Waals surface area (Å²) < 4.78 is 17.3. The van der Waals surface area contributed by atoms with Crippen molar-refractivity contribution in [1.29, 1.82) is 0 Å². The summed E-state index contributed by atoms with van der Waals surface area (Å²) in [5, 5.41) is 9.64. The minimum absolute atomic E-state index is 0.0422. The zero-order valence-corrected chi connectivity index (χ0v) is 40.6. The molecule has 0 aliphatic carbocycles. The first kappa shape index (κ1) is 58.8. The Morgan fingerprint density at radius 1 is 0.500 bits per heavy atom. The monoisotopic (exact) mass is 869 g/mol. The van der Waals surface area contributed by atoms with Gasteiger partial charge in [0, 0.05) is 19.3 Å². The molecule has 0 saturated carbocycles. The number of carboxylic acids is 1. The fourth-order valence-corrected chi connectivity index (χ4v) is 6.99. The zero-order valence-electron chi connectivity index (χ0n) is 40.6. The van der Waals surface area contributed by atoms with Crippen LogP contribution in [0.25, 0.3) is 0 Å². The van der Waals surface area contributed by atoms with Gasteiger partial charge in [0.1, 0.15) is 6.61 Å². The van der Waals surface area contributed by atoms with Crippen LogP contribution in [0.3, 0.4) is 0 Å². The molecule has 0 bridgehead atoms. The number of quaternary nitrogens is 1. The molecule has 0 saturated heterocycles. The summed E-state index contributed by atoms with van der Waals surface area (Å²) in [4.78, 5) is 37.1. The van der Waals surface area contributed by atoms with Crippen molar-refractivity contribution in [3.63, 3.8) is 0 Å². The molecule has 2 unspecified atom stereocenters. The Labute approximate surface area is 381 Å². The van der Waals surface area contributed by atoms with Crippen LogP contribution in [0.15, 0.2) is 72.9 Å². The molecule has 0 heterocycles. The Balaban J connectivity index is 4.31. The van der Waals surface area contributed by atoms with Gasteiger partial charge in [-0.1, -0.05) is 170 Å². The van der Waals surface area contributed by atoms with E-state index in [1.165, 1.54) is 83.5 Å². The van der Waals surface area contributed by atoms with Gasteiger partial charge in [-0.05, 0) is 83.5 Å². The van der Waals surface area contributed by atoms with Crippen molar-refractivity contribution < 1.29 is 38.2 Å². The molecule has 0 aliphatic heterocycles. The number of aliphatic carboxylic acids is 1. The number of allylic oxidation sites excluding steroid dienone is 12. The van der Waals surface area contributed by atoms with E-state index in [0.29, 0.717) is 12.8 Å². The number of likely N-dealkylation sites (N-methyl/N-ethyl adjacent to an activating group) is 1. The third-order valence-corrected chi connectivity index (χ3v) is 10.8. The Bertz CT molecular complexity index is 1240. The van der Waals surface area contributed by atoms with Gasteiger partial charge >= 0.3 is 17.9 Å². The molecular formula is C54H94NO7+. The number of hydrogen-bond donors (Lipinski definition) is 1. The van der Waals surface area contributed by atoms with E-state index >= 15 is 0 Å². The van der Waals surface area contributed by atoms with Gasteiger partial charge in [-0.25, -0.2) is 4.79 Å². The summed E-state index contributed by atoms with van der Waals surface area (Å²) >= 11 is 0. The number of carbonyl (C=O) groups is 3. The second kappa shape index (κ2) is 44.4. The summed E-state index contributed by atoms with van der Waals surface area (Å²) in [7, 11) is 5.51. The van der Waals surface area contributed by atoms with Crippen molar-refractivity contribution in [2.24, 2.45) is 0 Å². The quantitative estimate of drug-likeness (QED) is 0.0282. The predicted molar refractivity (Wildman–Crippen MR) is 261 cm³/mol. The van der Waals surface area contributed by atoms with E-state index in [2.05, 4.69) is 86.8 Å². The first-order valence-corrected chi connectivity index (χ1v) is 25.0. The van der Waals surface area contributed by atoms with Crippen LogP contribution < -0.4 is 0 Å². The largest absolute Gasteiger partial charge is 0.477 e. The molecule has 0 aromatic carbocycles. The van der Waals surface area contributed by atoms with E-state index in [0.717, 1.165) is 83.5 Å². The zero-order chi connectivity index (χ0) is 45.6. The second-order valence-electron chi connectivity index (χ2n) is 17.7. The van der Waals surface area contributed by atoms with Gasteiger partial charge in [0.2, 0.25) is 0 Å². The van der Waals surface area contributed by atoms with Crippen molar-refractivity contribution in [3.05, 3.63) is 72.9 Å². The van der Waals surface area contributed by atoms with E-state index in [4.69, 9.17) is 14.2 Å². The molecule has 0 aliphatic rings. The highest BCUT2D eigenvalue weighted by Crippen LogP contribution is 2.14. The highest BCUT2D eigenvalue weighted by atomic mass is 16.6. The molecule has 0 aromatic heterocycles. The van der Waals surface area contributed by atoms with E-state index in [-0.39, 0.29) is 42.7 Å². The Morgan fingerprint density at radius 3 is 1.35 bits per heavy atom. The Kier molecular flexibility index (Phi) is 42.1. The smallest absolute Gasteiger partial charge is 0.362 e. The lowest BCUT2D eigenvalue weighted by Gasteiger charge is -2.31. The molecule has 0 aromatic rings. The van der Waals surface area contributed by atoms with E-state index in [1.807, 2.05) is 21.1 Å². The molecule has 62 heavy (non-hydrogen) atoms. The van der Waals surface area contributed by atoms with Crippen LogP contribution in [0.2, 0.25) is 0 Å². The molecule has 2 atom stereocenters. The molecule has 8 heteroatoms. The number of unbranched alkanes of at least 4 members (excludes halogenated alkanes) is 18. The topological polar surface area (TPSA) is 99.1 Å². The Morgan fingerprint density at radius 2 is 0.903 bits per heavy atom. The van der Waals surface area contributed by atoms with Crippen LogP contribution in [0.5, 0.6) is 0 Å². The minimum atomic E-state index is -0.883. The third-order valence-electron chi connectivity index (χ3n) is 10.8. The maximum atomic E-state index is 12.8. The number of carboxylic acid groups (broad SMARTS) is 1. The van der Waals surface area contributed by atoms with E-state index in [1.54, 1.807) is 0 Å². The van der Waals surface area contributed by atoms with Gasteiger partial charge < -0.3 is 23.8 Å². The minimum Gasteiger partial charge on any atom is -0.477 e. The number of rotatable bonds is 44. The first-order valence-electron chi connectivity index (χ1n) is 25.0. The standard InChI is InChI=1S/C54H93NO7/c1-6-8-10-12-14-16-18-20-22-24-25-26-27-28-29-31-32-34-36-38-40-42-44-52(56)61-49-50(48-60-47-46-51(54(58)59)55(3,4)5)62-53(57)45-43-41-39-37-35-33-30-23-21-19-17-15-13-11-9-7-2/h9,11,15,17,21,23-25,27-28,33,35,50-51H,6-8,10,12-14,16,18-20,22,26,29-32,34,36-49H2,1-5H3/p+1/b11-9+,17-15+,23-21+,25-24+,28-27+,35-33+. The maximum Gasteiger partial charge on any atom is 0.362 e. The SMILES string of the molecule is CC/C=C/C/C=C/C/C=C/C/C=C/CCCCCC(=O)OC(COCCC(C(=O)O)[N+](C)(C)C)COC(=O)CCCCCCCCC/C=C/C/C=C/CCCCCCCCCC. The number of carbonyl (C=O) groups excluding carboxylic acids is 2. The van der Waals surface area contributed by atoms with Gasteiger partial charge in [-0.2, -0.15) is 0 Å². The van der Waals surface area contributed by atoms with Crippen LogP contribution in [0.1, 0.15) is 200 Å². The van der Waals surface area contributed by atoms with Gasteiger partial charge in [-0.3, -0.25) is 9.59 Å². The predicted octanol–water partition coefficient (Wildman–Crippen LogP) is 14.3. The lowest BCUT2D eigenvalue weighted by atomic mass is 10.1. The van der Waals surface area contributed by atoms with E-state index < -0.39 is 18.1 Å². The highest BCUT2D eigenvalue weighted by Gasteiger charge is 2.31. The molecule has 0 amide bonds. The van der Waals surface area contributed by atoms with Crippen molar-refractivity contribution in [3.8, 4) is 0 Å². The summed E-state index contributed by atoms with van der Waals surface area (Å²) in [5.41, 5.74) is 0. The molecule has 356 valence electrons. The second-order valence-corrected chi connectivity index (χ2v) is 17.7.